The Kier molecular flexibility index (Phi) is 17.6. The molecule has 0 saturated heterocycles. The maximum Gasteiger partial charge on any atom is 0.475 e. The number of carbonyl (C=O) groups excluding carboxylic acids is 3. The number of aromatic amines is 1. The highest BCUT2D eigenvalue weighted by atomic mass is 31.2. The molecule has 59 heavy (non-hydrogen) atoms. The number of aromatic nitrogens is 4. The molecule has 4 rings (SSSR count). The molecule has 2 aromatic carbocycles. The van der Waals surface area contributed by atoms with Crippen LogP contribution in [0.3, 0.4) is 0 Å². The summed E-state index contributed by atoms with van der Waals surface area (Å²) in [5, 5.41) is 20.5. The van der Waals surface area contributed by atoms with Crippen LogP contribution in [0.15, 0.2) is 59.5 Å². The molecule has 24 heteroatoms. The Morgan fingerprint density at radius 1 is 0.966 bits per heavy atom. The first-order chi connectivity index (χ1) is 28.2. The smallest absolute Gasteiger partial charge is 0.475 e. The highest BCUT2D eigenvalue weighted by Gasteiger charge is 2.31. The van der Waals surface area contributed by atoms with Gasteiger partial charge in [-0.3, -0.25) is 42.3 Å². The van der Waals surface area contributed by atoms with E-state index in [0.29, 0.717) is 11.4 Å². The molecule has 8 N–H and O–H groups in total. The summed E-state index contributed by atoms with van der Waals surface area (Å²) in [5.74, 6) is -3.48. The van der Waals surface area contributed by atoms with Crippen LogP contribution in [0.2, 0.25) is 0 Å². The maximum absolute atomic E-state index is 13.3. The van der Waals surface area contributed by atoms with E-state index in [1.165, 1.54) is 30.5 Å². The number of fused-ring (bicyclic) bond motifs is 1. The summed E-state index contributed by atoms with van der Waals surface area (Å²) in [6.45, 7) is 4.31. The number of benzene rings is 2. The van der Waals surface area contributed by atoms with Crippen LogP contribution >= 0.6 is 16.1 Å². The minimum Gasteiger partial charge on any atom is -0.480 e. The van der Waals surface area contributed by atoms with E-state index in [1.54, 1.807) is 45.0 Å². The molecule has 318 valence electrons. The van der Waals surface area contributed by atoms with Gasteiger partial charge in [-0.25, -0.2) is 19.3 Å². The number of phosphoric ester groups is 1. The molecule has 0 spiro atoms. The van der Waals surface area contributed by atoms with Crippen LogP contribution in [0.25, 0.3) is 11.2 Å². The van der Waals surface area contributed by atoms with Crippen molar-refractivity contribution in [3.8, 4) is 0 Å². The Bertz CT molecular complexity index is 2220. The molecule has 0 fully saturated rings. The standard InChI is InChI=1S/C35H45N9O13P2/c1-4-53-58(51)54-20-24(57-59(52,55-5-2)56-6-3)19-39-32(47)25-9-7-8-10-26(25)41-28(45)16-15-27(34(49)50)42-31(46)21-11-13-22(14-12-21)37-17-23-18-38-30-29(40-23)33(48)44-35(36)43-30/h7-14,18,24,27,37,58H,4-6,15-17,19-20H2,1-3H3,(H,39,47)(H,41,45)(H,42,46)(H,49,50)(H3,36,38,43,44,48)/t24?,27-/m1/s1. The van der Waals surface area contributed by atoms with E-state index >= 15 is 0 Å². The van der Waals surface area contributed by atoms with E-state index in [-0.39, 0.29) is 79.7 Å². The third-order valence-corrected chi connectivity index (χ3v) is 10.4. The van der Waals surface area contributed by atoms with Gasteiger partial charge in [-0.1, -0.05) is 12.1 Å². The minimum absolute atomic E-state index is 0.0145. The first-order valence-electron chi connectivity index (χ1n) is 18.2. The fraction of sp³-hybridized carbons (Fsp3) is 0.371. The third kappa shape index (κ3) is 14.3. The van der Waals surface area contributed by atoms with E-state index in [0.717, 1.165) is 0 Å². The number of rotatable bonds is 24. The summed E-state index contributed by atoms with van der Waals surface area (Å²) < 4.78 is 51.0. The van der Waals surface area contributed by atoms with Gasteiger partial charge in [0, 0.05) is 24.2 Å². The number of phosphoric acid groups is 1. The molecule has 2 aromatic heterocycles. The van der Waals surface area contributed by atoms with Crippen molar-refractivity contribution < 1.29 is 56.0 Å². The summed E-state index contributed by atoms with van der Waals surface area (Å²) in [4.78, 5) is 78.1. The van der Waals surface area contributed by atoms with E-state index in [1.807, 2.05) is 0 Å². The first-order valence-corrected chi connectivity index (χ1v) is 20.9. The molecule has 4 aromatic rings. The minimum atomic E-state index is -4.09. The Morgan fingerprint density at radius 2 is 1.68 bits per heavy atom. The molecule has 0 radical (unpaired) electrons. The normalized spacial score (nSPS) is 12.9. The molecule has 0 saturated carbocycles. The molecule has 0 bridgehead atoms. The average molecular weight is 862 g/mol. The zero-order valence-corrected chi connectivity index (χ0v) is 34.1. The molecule has 0 aliphatic carbocycles. The highest BCUT2D eigenvalue weighted by Crippen LogP contribution is 2.50. The highest BCUT2D eigenvalue weighted by molar-refractivity contribution is 7.48. The summed E-state index contributed by atoms with van der Waals surface area (Å²) in [6.07, 6.45) is -0.368. The fourth-order valence-electron chi connectivity index (χ4n) is 5.11. The average Bonchev–Trinajstić information content (AvgIpc) is 3.20. The summed E-state index contributed by atoms with van der Waals surface area (Å²) in [5.41, 5.74) is 6.40. The lowest BCUT2D eigenvalue weighted by Gasteiger charge is -2.23. The van der Waals surface area contributed by atoms with Gasteiger partial charge in [0.1, 0.15) is 12.1 Å². The second-order valence-electron chi connectivity index (χ2n) is 12.1. The number of hydrogen-bond donors (Lipinski definition) is 7. The van der Waals surface area contributed by atoms with Crippen LogP contribution in [0.5, 0.6) is 0 Å². The van der Waals surface area contributed by atoms with Gasteiger partial charge in [0.05, 0.1) is 56.1 Å². The lowest BCUT2D eigenvalue weighted by atomic mass is 10.1. The quantitative estimate of drug-likeness (QED) is 0.0497. The van der Waals surface area contributed by atoms with Gasteiger partial charge in [0.15, 0.2) is 11.2 Å². The first kappa shape index (κ1) is 46.1. The van der Waals surface area contributed by atoms with Crippen molar-refractivity contribution >= 4 is 68.3 Å². The van der Waals surface area contributed by atoms with Gasteiger partial charge >= 0.3 is 22.0 Å². The predicted octanol–water partition coefficient (Wildman–Crippen LogP) is 3.25. The van der Waals surface area contributed by atoms with Crippen molar-refractivity contribution in [2.24, 2.45) is 0 Å². The largest absolute Gasteiger partial charge is 0.480 e. The Morgan fingerprint density at radius 3 is 2.36 bits per heavy atom. The number of nitrogens with two attached hydrogens (primary N) is 1. The number of carboxylic acid groups (broad SMARTS) is 1. The number of aliphatic carboxylic acids is 1. The van der Waals surface area contributed by atoms with E-state index in [4.69, 9.17) is 28.4 Å². The molecule has 22 nitrogen and oxygen atoms in total. The van der Waals surface area contributed by atoms with E-state index in [9.17, 15) is 38.2 Å². The lowest BCUT2D eigenvalue weighted by Crippen LogP contribution is -2.41. The van der Waals surface area contributed by atoms with Crippen molar-refractivity contribution in [2.75, 3.05) is 49.3 Å². The molecule has 3 amide bonds. The van der Waals surface area contributed by atoms with Crippen LogP contribution < -0.4 is 32.6 Å². The second kappa shape index (κ2) is 22.5. The van der Waals surface area contributed by atoms with Crippen LogP contribution in [-0.2, 0) is 47.9 Å². The number of nitrogen functional groups attached to an aromatic ring is 1. The molecule has 3 atom stereocenters. The number of amides is 3. The van der Waals surface area contributed by atoms with Gasteiger partial charge in [0.2, 0.25) is 11.9 Å². The topological polar surface area (TPSA) is 314 Å². The number of H-pyrrole nitrogens is 1. The van der Waals surface area contributed by atoms with Crippen LogP contribution in [0.1, 0.15) is 60.0 Å². The maximum atomic E-state index is 13.3. The third-order valence-electron chi connectivity index (χ3n) is 7.81. The summed E-state index contributed by atoms with van der Waals surface area (Å²) in [6, 6.07) is 10.7. The van der Waals surface area contributed by atoms with Gasteiger partial charge in [0.25, 0.3) is 17.4 Å². The summed E-state index contributed by atoms with van der Waals surface area (Å²) in [7, 11) is -7.01. The van der Waals surface area contributed by atoms with Crippen molar-refractivity contribution in [3.05, 3.63) is 81.9 Å². The van der Waals surface area contributed by atoms with Gasteiger partial charge in [-0.2, -0.15) is 4.98 Å². The Hall–Kier alpha value is -5.60. The molecule has 2 unspecified atom stereocenters. The number of carbonyl (C=O) groups is 4. The summed E-state index contributed by atoms with van der Waals surface area (Å²) >= 11 is 0. The van der Waals surface area contributed by atoms with Crippen molar-refractivity contribution in [3.63, 3.8) is 0 Å². The zero-order chi connectivity index (χ0) is 43.0. The number of nitrogens with one attached hydrogen (secondary N) is 5. The SMILES string of the molecule is CCO[PH](=O)OCC(CNC(=O)c1ccccc1NC(=O)CC[C@@H](NC(=O)c1ccc(NCc2cnc3nc(N)[nH]c(=O)c3n2)cc1)C(=O)O)OP(=O)(OCC)OCC. The number of hydrogen-bond acceptors (Lipinski definition) is 17. The van der Waals surface area contributed by atoms with Crippen LogP contribution in [-0.4, -0.2) is 93.9 Å². The fourth-order valence-corrected chi connectivity index (χ4v) is 7.08. The lowest BCUT2D eigenvalue weighted by molar-refractivity contribution is -0.139. The van der Waals surface area contributed by atoms with Gasteiger partial charge in [-0.05, 0) is 63.6 Å². The number of anilines is 3. The number of carboxylic acids is 1. The zero-order valence-electron chi connectivity index (χ0n) is 32.2. The number of para-hydroxylation sites is 1. The van der Waals surface area contributed by atoms with E-state index in [2.05, 4.69) is 41.2 Å². The second-order valence-corrected chi connectivity index (χ2v) is 14.8. The Labute approximate surface area is 337 Å². The molecular formula is C35H45N9O13P2. The van der Waals surface area contributed by atoms with Gasteiger partial charge in [-0.15, -0.1) is 0 Å². The van der Waals surface area contributed by atoms with Crippen molar-refractivity contribution in [1.29, 1.82) is 0 Å². The van der Waals surface area contributed by atoms with Crippen LogP contribution in [0.4, 0.5) is 17.3 Å². The molecule has 0 aliphatic rings. The van der Waals surface area contributed by atoms with Crippen molar-refractivity contribution in [1.82, 2.24) is 30.6 Å². The Balaban J connectivity index is 1.31. The van der Waals surface area contributed by atoms with E-state index < -0.39 is 64.1 Å². The van der Waals surface area contributed by atoms with Gasteiger partial charge < -0.3 is 41.2 Å². The van der Waals surface area contributed by atoms with Crippen LogP contribution in [0, 0.1) is 0 Å². The molecule has 2 heterocycles. The molecular weight excluding hydrogens is 816 g/mol. The monoisotopic (exact) mass is 861 g/mol. The number of nitrogens with zero attached hydrogens (tertiary/aromatic N) is 3. The van der Waals surface area contributed by atoms with Crippen molar-refractivity contribution in [2.45, 2.75) is 52.3 Å². The molecule has 0 aliphatic heterocycles. The predicted molar refractivity (Wildman–Crippen MR) is 214 cm³/mol.